The Hall–Kier alpha value is 0.0600. The molecular formula is C13H21BrN2OS. The van der Waals surface area contributed by atoms with Gasteiger partial charge in [0.05, 0.1) is 6.61 Å². The zero-order valence-electron chi connectivity index (χ0n) is 10.8. The first-order valence-corrected chi connectivity index (χ1v) is 8.13. The molecule has 0 aliphatic carbocycles. The molecule has 1 aliphatic heterocycles. The monoisotopic (exact) mass is 332 g/mol. The van der Waals surface area contributed by atoms with Gasteiger partial charge in [-0.3, -0.25) is 4.90 Å². The van der Waals surface area contributed by atoms with E-state index in [9.17, 15) is 0 Å². The molecule has 1 unspecified atom stereocenters. The number of ether oxygens (including phenoxy) is 1. The standard InChI is InChI=1S/C13H21BrN2OS/c1-17-7-6-16(9-11-3-2-5-15-11)10-13-12(14)4-8-18-13/h4,8,11,15H,2-3,5-7,9-10H2,1H3. The molecule has 0 amide bonds. The van der Waals surface area contributed by atoms with Crippen molar-refractivity contribution in [1.29, 1.82) is 0 Å². The average molecular weight is 333 g/mol. The molecule has 5 heteroatoms. The van der Waals surface area contributed by atoms with E-state index >= 15 is 0 Å². The normalized spacial score (nSPS) is 19.8. The zero-order valence-corrected chi connectivity index (χ0v) is 13.2. The summed E-state index contributed by atoms with van der Waals surface area (Å²) in [5.41, 5.74) is 0. The second-order valence-corrected chi connectivity index (χ2v) is 6.57. The number of rotatable bonds is 7. The maximum atomic E-state index is 5.22. The van der Waals surface area contributed by atoms with Crippen LogP contribution in [0.2, 0.25) is 0 Å². The summed E-state index contributed by atoms with van der Waals surface area (Å²) in [7, 11) is 1.77. The Morgan fingerprint density at radius 1 is 1.61 bits per heavy atom. The molecule has 1 atom stereocenters. The lowest BCUT2D eigenvalue weighted by molar-refractivity contribution is 0.138. The van der Waals surface area contributed by atoms with Crippen molar-refractivity contribution in [3.8, 4) is 0 Å². The number of hydrogen-bond donors (Lipinski definition) is 1. The minimum absolute atomic E-state index is 0.653. The smallest absolute Gasteiger partial charge is 0.0589 e. The Labute approximate surface area is 122 Å². The molecule has 0 spiro atoms. The highest BCUT2D eigenvalue weighted by Gasteiger charge is 2.18. The number of thiophene rings is 1. The van der Waals surface area contributed by atoms with Crippen molar-refractivity contribution in [2.75, 3.05) is 33.4 Å². The van der Waals surface area contributed by atoms with Crippen molar-refractivity contribution in [1.82, 2.24) is 10.2 Å². The fourth-order valence-electron chi connectivity index (χ4n) is 2.32. The van der Waals surface area contributed by atoms with Gasteiger partial charge in [0, 0.05) is 42.1 Å². The minimum atomic E-state index is 0.653. The summed E-state index contributed by atoms with van der Waals surface area (Å²) >= 11 is 5.43. The van der Waals surface area contributed by atoms with Gasteiger partial charge in [-0.1, -0.05) is 0 Å². The Kier molecular flexibility index (Phi) is 6.11. The number of nitrogens with one attached hydrogen (secondary N) is 1. The van der Waals surface area contributed by atoms with Crippen LogP contribution in [0.4, 0.5) is 0 Å². The van der Waals surface area contributed by atoms with E-state index in [1.165, 1.54) is 28.7 Å². The lowest BCUT2D eigenvalue weighted by Crippen LogP contribution is -2.38. The molecule has 2 rings (SSSR count). The van der Waals surface area contributed by atoms with Gasteiger partial charge in [-0.05, 0) is 46.8 Å². The maximum absolute atomic E-state index is 5.22. The van der Waals surface area contributed by atoms with Crippen LogP contribution in [0.5, 0.6) is 0 Å². The average Bonchev–Trinajstić information content (AvgIpc) is 2.99. The molecule has 0 saturated carbocycles. The van der Waals surface area contributed by atoms with Crippen LogP contribution in [0.15, 0.2) is 15.9 Å². The van der Waals surface area contributed by atoms with Crippen LogP contribution in [-0.4, -0.2) is 44.3 Å². The van der Waals surface area contributed by atoms with E-state index in [0.29, 0.717) is 6.04 Å². The number of hydrogen-bond acceptors (Lipinski definition) is 4. The maximum Gasteiger partial charge on any atom is 0.0589 e. The van der Waals surface area contributed by atoms with Gasteiger partial charge in [0.1, 0.15) is 0 Å². The molecule has 1 aliphatic rings. The highest BCUT2D eigenvalue weighted by molar-refractivity contribution is 9.10. The predicted molar refractivity (Wildman–Crippen MR) is 80.2 cm³/mol. The molecule has 1 fully saturated rings. The van der Waals surface area contributed by atoms with Crippen LogP contribution in [0, 0.1) is 0 Å². The van der Waals surface area contributed by atoms with Gasteiger partial charge in [0.2, 0.25) is 0 Å². The van der Waals surface area contributed by atoms with Crippen molar-refractivity contribution in [3.63, 3.8) is 0 Å². The van der Waals surface area contributed by atoms with E-state index in [1.807, 2.05) is 11.3 Å². The quantitative estimate of drug-likeness (QED) is 0.830. The Bertz CT molecular complexity index is 353. The van der Waals surface area contributed by atoms with E-state index in [0.717, 1.165) is 26.2 Å². The summed E-state index contributed by atoms with van der Waals surface area (Å²) < 4.78 is 6.45. The topological polar surface area (TPSA) is 24.5 Å². The van der Waals surface area contributed by atoms with Crippen molar-refractivity contribution >= 4 is 27.3 Å². The summed E-state index contributed by atoms with van der Waals surface area (Å²) in [4.78, 5) is 3.90. The van der Waals surface area contributed by atoms with Crippen LogP contribution >= 0.6 is 27.3 Å². The molecule has 102 valence electrons. The van der Waals surface area contributed by atoms with Crippen LogP contribution in [-0.2, 0) is 11.3 Å². The highest BCUT2D eigenvalue weighted by atomic mass is 79.9. The third-order valence-corrected chi connectivity index (χ3v) is 5.22. The molecule has 1 N–H and O–H groups in total. The lowest BCUT2D eigenvalue weighted by Gasteiger charge is -2.25. The van der Waals surface area contributed by atoms with Gasteiger partial charge in [-0.25, -0.2) is 0 Å². The van der Waals surface area contributed by atoms with Gasteiger partial charge < -0.3 is 10.1 Å². The van der Waals surface area contributed by atoms with Gasteiger partial charge in [0.15, 0.2) is 0 Å². The third kappa shape index (κ3) is 4.31. The van der Waals surface area contributed by atoms with Gasteiger partial charge in [0.25, 0.3) is 0 Å². The molecular weight excluding hydrogens is 312 g/mol. The van der Waals surface area contributed by atoms with Crippen LogP contribution in [0.25, 0.3) is 0 Å². The van der Waals surface area contributed by atoms with Crippen molar-refractivity contribution in [2.24, 2.45) is 0 Å². The van der Waals surface area contributed by atoms with E-state index in [4.69, 9.17) is 4.74 Å². The summed E-state index contributed by atoms with van der Waals surface area (Å²) in [6, 6.07) is 2.78. The first-order valence-electron chi connectivity index (χ1n) is 6.46. The van der Waals surface area contributed by atoms with E-state index in [-0.39, 0.29) is 0 Å². The first kappa shape index (κ1) is 14.5. The molecule has 0 bridgehead atoms. The molecule has 1 saturated heterocycles. The first-order chi connectivity index (χ1) is 8.79. The fourth-order valence-corrected chi connectivity index (χ4v) is 3.84. The van der Waals surface area contributed by atoms with E-state index in [1.54, 1.807) is 7.11 Å². The molecule has 18 heavy (non-hydrogen) atoms. The Morgan fingerprint density at radius 3 is 3.11 bits per heavy atom. The number of methoxy groups -OCH3 is 1. The largest absolute Gasteiger partial charge is 0.383 e. The summed E-state index contributed by atoms with van der Waals surface area (Å²) in [5.74, 6) is 0. The molecule has 2 heterocycles. The summed E-state index contributed by atoms with van der Waals surface area (Å²) in [5, 5.41) is 5.71. The molecule has 1 aromatic heterocycles. The molecule has 1 aromatic rings. The van der Waals surface area contributed by atoms with Crippen molar-refractivity contribution < 1.29 is 4.74 Å². The predicted octanol–water partition coefficient (Wildman–Crippen LogP) is 2.71. The lowest BCUT2D eigenvalue weighted by atomic mass is 10.2. The Morgan fingerprint density at radius 2 is 2.50 bits per heavy atom. The second-order valence-electron chi connectivity index (χ2n) is 4.71. The minimum Gasteiger partial charge on any atom is -0.383 e. The molecule has 0 radical (unpaired) electrons. The fraction of sp³-hybridized carbons (Fsp3) is 0.692. The van der Waals surface area contributed by atoms with Crippen molar-refractivity contribution in [3.05, 3.63) is 20.8 Å². The second kappa shape index (κ2) is 7.60. The van der Waals surface area contributed by atoms with Gasteiger partial charge >= 0.3 is 0 Å². The SMILES string of the molecule is COCCN(Cc1sccc1Br)CC1CCCN1. The van der Waals surface area contributed by atoms with Crippen LogP contribution in [0.3, 0.4) is 0 Å². The summed E-state index contributed by atoms with van der Waals surface area (Å²) in [6.07, 6.45) is 2.61. The highest BCUT2D eigenvalue weighted by Crippen LogP contribution is 2.24. The van der Waals surface area contributed by atoms with Crippen LogP contribution < -0.4 is 5.32 Å². The van der Waals surface area contributed by atoms with E-state index < -0.39 is 0 Å². The van der Waals surface area contributed by atoms with Crippen molar-refractivity contribution in [2.45, 2.75) is 25.4 Å². The van der Waals surface area contributed by atoms with E-state index in [2.05, 4.69) is 37.6 Å². The third-order valence-electron chi connectivity index (χ3n) is 3.31. The zero-order chi connectivity index (χ0) is 12.8. The molecule has 0 aromatic carbocycles. The summed E-state index contributed by atoms with van der Waals surface area (Å²) in [6.45, 7) is 5.10. The number of nitrogens with zero attached hydrogens (tertiary/aromatic N) is 1. The van der Waals surface area contributed by atoms with Gasteiger partial charge in [-0.15, -0.1) is 11.3 Å². The molecule has 3 nitrogen and oxygen atoms in total. The Balaban J connectivity index is 1.89. The number of halogens is 1. The van der Waals surface area contributed by atoms with Gasteiger partial charge in [-0.2, -0.15) is 0 Å². The van der Waals surface area contributed by atoms with Crippen LogP contribution in [0.1, 0.15) is 17.7 Å².